The molecule has 0 unspecified atom stereocenters. The van der Waals surface area contributed by atoms with Crippen LogP contribution in [0.1, 0.15) is 10.5 Å². The number of aromatic carboxylic acids is 1. The summed E-state index contributed by atoms with van der Waals surface area (Å²) in [6.07, 6.45) is 0. The fraction of sp³-hybridized carbons (Fsp3) is 0.0500. The number of nitrogens with zero attached hydrogens (tertiary/aromatic N) is 2. The molecule has 0 amide bonds. The smallest absolute Gasteiger partial charge is 0.354 e. The molecule has 0 aliphatic carbocycles. The number of methoxy groups -OCH3 is 1. The summed E-state index contributed by atoms with van der Waals surface area (Å²) in [4.78, 5) is 20.1. The van der Waals surface area contributed by atoms with Crippen molar-refractivity contribution in [1.82, 2.24) is 9.97 Å². The van der Waals surface area contributed by atoms with Crippen molar-refractivity contribution in [3.8, 4) is 27.7 Å². The van der Waals surface area contributed by atoms with Gasteiger partial charge in [0.25, 0.3) is 0 Å². The number of fused-ring (bicyclic) bond motifs is 1. The molecule has 5 nitrogen and oxygen atoms in total. The van der Waals surface area contributed by atoms with Gasteiger partial charge in [-0.25, -0.2) is 14.8 Å². The zero-order chi connectivity index (χ0) is 18.1. The maximum Gasteiger partial charge on any atom is 0.354 e. The van der Waals surface area contributed by atoms with Gasteiger partial charge in [-0.15, -0.1) is 11.3 Å². The lowest BCUT2D eigenvalue weighted by Gasteiger charge is -2.06. The van der Waals surface area contributed by atoms with E-state index in [1.807, 2.05) is 23.6 Å². The van der Waals surface area contributed by atoms with Gasteiger partial charge in [-0.1, -0.05) is 36.4 Å². The number of thiazole rings is 1. The average molecular weight is 362 g/mol. The van der Waals surface area contributed by atoms with Crippen molar-refractivity contribution >= 4 is 28.1 Å². The van der Waals surface area contributed by atoms with Crippen molar-refractivity contribution in [3.05, 3.63) is 65.7 Å². The Morgan fingerprint density at radius 1 is 1.04 bits per heavy atom. The van der Waals surface area contributed by atoms with Gasteiger partial charge < -0.3 is 9.84 Å². The summed E-state index contributed by atoms with van der Waals surface area (Å²) in [5, 5.41) is 14.2. The molecule has 4 rings (SSSR count). The molecule has 0 radical (unpaired) electrons. The third-order valence-corrected chi connectivity index (χ3v) is 4.93. The van der Waals surface area contributed by atoms with Crippen molar-refractivity contribution in [1.29, 1.82) is 0 Å². The van der Waals surface area contributed by atoms with E-state index in [2.05, 4.69) is 34.2 Å². The minimum atomic E-state index is -1.08. The Balaban J connectivity index is 1.78. The fourth-order valence-corrected chi connectivity index (χ4v) is 3.55. The predicted molar refractivity (Wildman–Crippen MR) is 102 cm³/mol. The Kier molecular flexibility index (Phi) is 4.10. The third kappa shape index (κ3) is 2.91. The molecule has 0 saturated carbocycles. The van der Waals surface area contributed by atoms with Crippen molar-refractivity contribution < 1.29 is 14.6 Å². The lowest BCUT2D eigenvalue weighted by atomic mass is 10.1. The molecule has 0 spiro atoms. The van der Waals surface area contributed by atoms with Crippen LogP contribution in [0.25, 0.3) is 32.7 Å². The molecule has 4 aromatic rings. The van der Waals surface area contributed by atoms with Crippen molar-refractivity contribution in [2.45, 2.75) is 0 Å². The van der Waals surface area contributed by atoms with Crippen LogP contribution in [0.4, 0.5) is 0 Å². The summed E-state index contributed by atoms with van der Waals surface area (Å²) in [6, 6.07) is 17.4. The Morgan fingerprint density at radius 3 is 2.62 bits per heavy atom. The van der Waals surface area contributed by atoms with Crippen molar-refractivity contribution in [3.63, 3.8) is 0 Å². The van der Waals surface area contributed by atoms with Crippen LogP contribution in [0.2, 0.25) is 0 Å². The van der Waals surface area contributed by atoms with E-state index in [1.165, 1.54) is 29.9 Å². The maximum absolute atomic E-state index is 11.2. The van der Waals surface area contributed by atoms with Gasteiger partial charge in [0.2, 0.25) is 0 Å². The number of aromatic nitrogens is 2. The van der Waals surface area contributed by atoms with Crippen LogP contribution in [-0.2, 0) is 0 Å². The summed E-state index contributed by atoms with van der Waals surface area (Å²) in [5.74, 6) is -0.593. The first-order valence-electron chi connectivity index (χ1n) is 7.89. The molecule has 0 aliphatic rings. The zero-order valence-electron chi connectivity index (χ0n) is 13.8. The topological polar surface area (TPSA) is 72.3 Å². The Bertz CT molecular complexity index is 1120. The number of benzene rings is 2. The number of carbonyl (C=O) groups is 1. The molecule has 2 aromatic heterocycles. The molecule has 128 valence electrons. The molecule has 1 N–H and O–H groups in total. The first kappa shape index (κ1) is 16.2. The van der Waals surface area contributed by atoms with Crippen molar-refractivity contribution in [2.24, 2.45) is 0 Å². The van der Waals surface area contributed by atoms with Gasteiger partial charge in [0.05, 0.1) is 7.11 Å². The lowest BCUT2D eigenvalue weighted by molar-refractivity contribution is 0.0690. The van der Waals surface area contributed by atoms with Crippen molar-refractivity contribution in [2.75, 3.05) is 7.11 Å². The molecule has 26 heavy (non-hydrogen) atoms. The van der Waals surface area contributed by atoms with E-state index in [-0.39, 0.29) is 5.69 Å². The fourth-order valence-electron chi connectivity index (χ4n) is 2.75. The van der Waals surface area contributed by atoms with Gasteiger partial charge in [-0.3, -0.25) is 0 Å². The minimum absolute atomic E-state index is 0.0407. The van der Waals surface area contributed by atoms with E-state index in [9.17, 15) is 9.90 Å². The second-order valence-electron chi connectivity index (χ2n) is 5.65. The van der Waals surface area contributed by atoms with E-state index in [0.29, 0.717) is 17.1 Å². The molecule has 0 aliphatic heterocycles. The predicted octanol–water partition coefficient (Wildman–Crippen LogP) is 4.73. The van der Waals surface area contributed by atoms with Gasteiger partial charge in [0, 0.05) is 10.9 Å². The van der Waals surface area contributed by atoms with Crippen LogP contribution in [0.3, 0.4) is 0 Å². The number of hydrogen-bond acceptors (Lipinski definition) is 5. The standard InChI is InChI=1S/C20H14N2O3S/c1-25-17-9-8-15(20(23)24)21-18(17)16-11-26-19(22-16)14-7-6-12-4-2-3-5-13(12)10-14/h2-11H,1H3,(H,23,24). The second kappa shape index (κ2) is 6.57. The molecule has 0 fully saturated rings. The van der Waals surface area contributed by atoms with E-state index in [1.54, 1.807) is 6.07 Å². The Morgan fingerprint density at radius 2 is 1.85 bits per heavy atom. The second-order valence-corrected chi connectivity index (χ2v) is 6.51. The van der Waals surface area contributed by atoms with Gasteiger partial charge in [0.1, 0.15) is 27.8 Å². The van der Waals surface area contributed by atoms with E-state index >= 15 is 0 Å². The molecule has 0 saturated heterocycles. The lowest BCUT2D eigenvalue weighted by Crippen LogP contribution is -2.02. The Hall–Kier alpha value is -3.25. The summed E-state index contributed by atoms with van der Waals surface area (Å²) in [6.45, 7) is 0. The van der Waals surface area contributed by atoms with Crippen LogP contribution < -0.4 is 4.74 Å². The third-order valence-electron chi connectivity index (χ3n) is 4.04. The van der Waals surface area contributed by atoms with E-state index < -0.39 is 5.97 Å². The van der Waals surface area contributed by atoms with Crippen LogP contribution >= 0.6 is 11.3 Å². The first-order chi connectivity index (χ1) is 12.7. The highest BCUT2D eigenvalue weighted by Gasteiger charge is 2.16. The van der Waals surface area contributed by atoms with Crippen LogP contribution in [0, 0.1) is 0 Å². The number of rotatable bonds is 4. The zero-order valence-corrected chi connectivity index (χ0v) is 14.7. The number of pyridine rings is 1. The van der Waals surface area contributed by atoms with Gasteiger partial charge >= 0.3 is 5.97 Å². The highest BCUT2D eigenvalue weighted by atomic mass is 32.1. The first-order valence-corrected chi connectivity index (χ1v) is 8.77. The van der Waals surface area contributed by atoms with Gasteiger partial charge in [-0.05, 0) is 29.0 Å². The molecule has 0 bridgehead atoms. The highest BCUT2D eigenvalue weighted by Crippen LogP contribution is 2.33. The summed E-state index contributed by atoms with van der Waals surface area (Å²) >= 11 is 1.49. The summed E-state index contributed by atoms with van der Waals surface area (Å²) in [7, 11) is 1.53. The summed E-state index contributed by atoms with van der Waals surface area (Å²) in [5.41, 5.74) is 1.99. The van der Waals surface area contributed by atoms with Gasteiger partial charge in [-0.2, -0.15) is 0 Å². The van der Waals surface area contributed by atoms with Crippen LogP contribution in [0.5, 0.6) is 5.75 Å². The summed E-state index contributed by atoms with van der Waals surface area (Å²) < 4.78 is 5.32. The SMILES string of the molecule is COc1ccc(C(=O)O)nc1-c1csc(-c2ccc3ccccc3c2)n1. The Labute approximate surface area is 153 Å². The van der Waals surface area contributed by atoms with Gasteiger partial charge in [0.15, 0.2) is 0 Å². The van der Waals surface area contributed by atoms with Crippen LogP contribution in [0.15, 0.2) is 60.0 Å². The number of hydrogen-bond donors (Lipinski definition) is 1. The molecular weight excluding hydrogens is 348 g/mol. The normalized spacial score (nSPS) is 10.8. The quantitative estimate of drug-likeness (QED) is 0.568. The van der Waals surface area contributed by atoms with Crippen LogP contribution in [-0.4, -0.2) is 28.2 Å². The number of ether oxygens (including phenoxy) is 1. The molecule has 6 heteroatoms. The molecule has 2 aromatic carbocycles. The highest BCUT2D eigenvalue weighted by molar-refractivity contribution is 7.13. The van der Waals surface area contributed by atoms with E-state index in [4.69, 9.17) is 4.74 Å². The maximum atomic E-state index is 11.2. The molecular formula is C20H14N2O3S. The number of carboxylic acids is 1. The average Bonchev–Trinajstić information content (AvgIpc) is 3.17. The molecule has 2 heterocycles. The van der Waals surface area contributed by atoms with E-state index in [0.717, 1.165) is 16.0 Å². The monoisotopic (exact) mass is 362 g/mol. The minimum Gasteiger partial charge on any atom is -0.494 e. The number of carboxylic acid groups (broad SMARTS) is 1. The molecule has 0 atom stereocenters. The largest absolute Gasteiger partial charge is 0.494 e.